The predicted octanol–water partition coefficient (Wildman–Crippen LogP) is 5.19. The first-order valence-corrected chi connectivity index (χ1v) is 15.5. The third-order valence-electron chi connectivity index (χ3n) is 9.14. The van der Waals surface area contributed by atoms with Crippen LogP contribution >= 0.6 is 0 Å². The molecule has 0 radical (unpaired) electrons. The van der Waals surface area contributed by atoms with Crippen LogP contribution < -0.4 is 10.2 Å². The van der Waals surface area contributed by atoms with Crippen LogP contribution in [0.2, 0.25) is 0 Å². The van der Waals surface area contributed by atoms with Gasteiger partial charge in [0.1, 0.15) is 17.4 Å². The van der Waals surface area contributed by atoms with E-state index in [1.807, 2.05) is 35.2 Å². The standard InChI is InChI=1S/C35H36F4N4O5/c1-21(2)29(40-30(44)27-19-24(35(37,38)39)9-12-28(27)36)31(45)42-15-13-34(14-16-42)33(48)41(3)20-43(34)25-10-11-26(32(46)47)23(18-25)17-22-7-5-4-6-8-22/h4-12,18-19,21,29H,13-17,20H2,1-3H3,(H,40,44)(H,46,47). The van der Waals surface area contributed by atoms with Crippen LogP contribution in [-0.2, 0) is 22.2 Å². The fourth-order valence-corrected chi connectivity index (χ4v) is 6.52. The molecular weight excluding hydrogens is 632 g/mol. The van der Waals surface area contributed by atoms with Crippen LogP contribution in [-0.4, -0.2) is 77.0 Å². The highest BCUT2D eigenvalue weighted by molar-refractivity contribution is 5.98. The summed E-state index contributed by atoms with van der Waals surface area (Å²) in [5.41, 5.74) is -0.695. The highest BCUT2D eigenvalue weighted by atomic mass is 19.4. The van der Waals surface area contributed by atoms with Crippen molar-refractivity contribution in [1.82, 2.24) is 15.1 Å². The summed E-state index contributed by atoms with van der Waals surface area (Å²) in [7, 11) is 1.68. The van der Waals surface area contributed by atoms with Gasteiger partial charge in [0.15, 0.2) is 0 Å². The van der Waals surface area contributed by atoms with Crippen LogP contribution in [0.5, 0.6) is 0 Å². The van der Waals surface area contributed by atoms with Crippen molar-refractivity contribution in [2.45, 2.75) is 50.9 Å². The molecule has 3 aromatic carbocycles. The number of amides is 3. The topological polar surface area (TPSA) is 110 Å². The SMILES string of the molecule is CC(C)C(NC(=O)c1cc(C(F)(F)F)ccc1F)C(=O)N1CCC2(CC1)C(=O)N(C)CN2c1ccc(C(=O)O)c(Cc2ccccc2)c1. The number of carbonyl (C=O) groups excluding carboxylic acids is 3. The van der Waals surface area contributed by atoms with Crippen LogP contribution in [0.25, 0.3) is 0 Å². The van der Waals surface area contributed by atoms with Crippen LogP contribution in [0.1, 0.15) is 64.1 Å². The van der Waals surface area contributed by atoms with E-state index >= 15 is 0 Å². The first-order valence-electron chi connectivity index (χ1n) is 15.5. The second-order valence-corrected chi connectivity index (χ2v) is 12.6. The molecule has 2 N–H and O–H groups in total. The minimum Gasteiger partial charge on any atom is -0.478 e. The van der Waals surface area contributed by atoms with Gasteiger partial charge >= 0.3 is 12.1 Å². The molecule has 254 valence electrons. The van der Waals surface area contributed by atoms with Crippen LogP contribution in [0.3, 0.4) is 0 Å². The van der Waals surface area contributed by atoms with E-state index in [9.17, 15) is 41.8 Å². The molecule has 2 heterocycles. The number of likely N-dealkylation sites (N-methyl/N-ethyl adjacent to an activating group) is 1. The number of benzene rings is 3. The van der Waals surface area contributed by atoms with E-state index in [2.05, 4.69) is 5.32 Å². The maximum Gasteiger partial charge on any atom is 0.416 e. The van der Waals surface area contributed by atoms with Gasteiger partial charge in [-0.1, -0.05) is 44.2 Å². The Morgan fingerprint density at radius 1 is 0.958 bits per heavy atom. The van der Waals surface area contributed by atoms with Gasteiger partial charge in [-0.3, -0.25) is 14.4 Å². The zero-order valence-electron chi connectivity index (χ0n) is 26.7. The van der Waals surface area contributed by atoms with Gasteiger partial charge in [0.05, 0.1) is 23.4 Å². The van der Waals surface area contributed by atoms with E-state index < -0.39 is 58.4 Å². The second kappa shape index (κ2) is 13.3. The van der Waals surface area contributed by atoms with E-state index in [0.29, 0.717) is 35.9 Å². The summed E-state index contributed by atoms with van der Waals surface area (Å²) in [5.74, 6) is -4.49. The number of piperidine rings is 1. The Morgan fingerprint density at radius 3 is 2.23 bits per heavy atom. The van der Waals surface area contributed by atoms with Gasteiger partial charge in [0, 0.05) is 25.8 Å². The summed E-state index contributed by atoms with van der Waals surface area (Å²) in [6.45, 7) is 3.83. The second-order valence-electron chi connectivity index (χ2n) is 12.6. The lowest BCUT2D eigenvalue weighted by Crippen LogP contribution is -2.60. The van der Waals surface area contributed by atoms with Crippen LogP contribution in [0.15, 0.2) is 66.7 Å². The highest BCUT2D eigenvalue weighted by Gasteiger charge is 2.53. The van der Waals surface area contributed by atoms with Crippen LogP contribution in [0.4, 0.5) is 23.2 Å². The largest absolute Gasteiger partial charge is 0.478 e. The number of likely N-dealkylation sites (tertiary alicyclic amines) is 1. The Kier molecular flexibility index (Phi) is 9.52. The Morgan fingerprint density at radius 2 is 1.62 bits per heavy atom. The predicted molar refractivity (Wildman–Crippen MR) is 169 cm³/mol. The molecule has 48 heavy (non-hydrogen) atoms. The summed E-state index contributed by atoms with van der Waals surface area (Å²) >= 11 is 0. The molecule has 1 spiro atoms. The highest BCUT2D eigenvalue weighted by Crippen LogP contribution is 2.40. The number of nitrogens with one attached hydrogen (secondary N) is 1. The summed E-state index contributed by atoms with van der Waals surface area (Å²) in [6, 6.07) is 14.8. The first kappa shape index (κ1) is 34.4. The lowest BCUT2D eigenvalue weighted by Gasteiger charge is -2.44. The number of halogens is 4. The third kappa shape index (κ3) is 6.71. The molecule has 2 saturated heterocycles. The van der Waals surface area contributed by atoms with Crippen molar-refractivity contribution in [2.24, 2.45) is 5.92 Å². The number of hydrogen-bond acceptors (Lipinski definition) is 5. The molecule has 2 aliphatic rings. The number of aromatic carboxylic acids is 1. The van der Waals surface area contributed by atoms with Crippen molar-refractivity contribution < 1.29 is 41.8 Å². The average molecular weight is 669 g/mol. The first-order chi connectivity index (χ1) is 22.6. The van der Waals surface area contributed by atoms with Crippen LogP contribution in [0, 0.1) is 11.7 Å². The van der Waals surface area contributed by atoms with Gasteiger partial charge in [0.2, 0.25) is 11.8 Å². The smallest absolute Gasteiger partial charge is 0.416 e. The normalized spacial score (nSPS) is 16.8. The van der Waals surface area contributed by atoms with E-state index in [1.165, 1.54) is 11.0 Å². The van der Waals surface area contributed by atoms with Crippen molar-refractivity contribution >= 4 is 29.4 Å². The van der Waals surface area contributed by atoms with E-state index in [1.54, 1.807) is 37.9 Å². The number of carboxylic acids is 1. The number of anilines is 1. The molecule has 1 unspecified atom stereocenters. The molecule has 2 fully saturated rings. The molecule has 0 aromatic heterocycles. The Balaban J connectivity index is 1.36. The Bertz CT molecular complexity index is 1720. The molecular formula is C35H36F4N4O5. The van der Waals surface area contributed by atoms with Crippen molar-refractivity contribution in [1.29, 1.82) is 0 Å². The lowest BCUT2D eigenvalue weighted by molar-refractivity contribution is -0.139. The average Bonchev–Trinajstić information content (AvgIpc) is 3.28. The van der Waals surface area contributed by atoms with Gasteiger partial charge in [0.25, 0.3) is 5.91 Å². The number of rotatable bonds is 8. The summed E-state index contributed by atoms with van der Waals surface area (Å²) < 4.78 is 54.1. The van der Waals surface area contributed by atoms with Gasteiger partial charge in [-0.2, -0.15) is 13.2 Å². The van der Waals surface area contributed by atoms with E-state index in [-0.39, 0.29) is 44.1 Å². The minimum absolute atomic E-state index is 0.135. The van der Waals surface area contributed by atoms with Gasteiger partial charge in [-0.15, -0.1) is 0 Å². The zero-order chi connectivity index (χ0) is 35.0. The van der Waals surface area contributed by atoms with E-state index in [0.717, 1.165) is 5.56 Å². The zero-order valence-corrected chi connectivity index (χ0v) is 26.7. The number of carboxylic acid groups (broad SMARTS) is 1. The molecule has 0 saturated carbocycles. The van der Waals surface area contributed by atoms with Crippen molar-refractivity contribution in [3.63, 3.8) is 0 Å². The molecule has 3 aromatic rings. The maximum atomic E-state index is 14.4. The van der Waals surface area contributed by atoms with Crippen molar-refractivity contribution in [3.05, 3.63) is 100 Å². The molecule has 0 bridgehead atoms. The fraction of sp³-hybridized carbons (Fsp3) is 0.371. The van der Waals surface area contributed by atoms with Gasteiger partial charge < -0.3 is 25.1 Å². The summed E-state index contributed by atoms with van der Waals surface area (Å²) in [6.07, 6.45) is -3.95. The maximum absolute atomic E-state index is 14.4. The Hall–Kier alpha value is -4.94. The van der Waals surface area contributed by atoms with E-state index in [4.69, 9.17) is 0 Å². The Labute approximate surface area is 275 Å². The van der Waals surface area contributed by atoms with Gasteiger partial charge in [-0.25, -0.2) is 9.18 Å². The quantitative estimate of drug-likeness (QED) is 0.320. The number of nitrogens with zero attached hydrogens (tertiary/aromatic N) is 3. The number of hydrogen-bond donors (Lipinski definition) is 2. The molecule has 3 amide bonds. The molecule has 1 atom stereocenters. The molecule has 13 heteroatoms. The number of alkyl halides is 3. The molecule has 9 nitrogen and oxygen atoms in total. The van der Waals surface area contributed by atoms with Crippen molar-refractivity contribution in [3.8, 4) is 0 Å². The third-order valence-corrected chi connectivity index (χ3v) is 9.14. The molecule has 2 aliphatic heterocycles. The fourth-order valence-electron chi connectivity index (χ4n) is 6.52. The summed E-state index contributed by atoms with van der Waals surface area (Å²) in [4.78, 5) is 57.4. The van der Waals surface area contributed by atoms with Crippen molar-refractivity contribution in [2.75, 3.05) is 31.7 Å². The summed E-state index contributed by atoms with van der Waals surface area (Å²) in [5, 5.41) is 12.3. The van der Waals surface area contributed by atoms with Gasteiger partial charge in [-0.05, 0) is 72.7 Å². The monoisotopic (exact) mass is 668 g/mol. The molecule has 0 aliphatic carbocycles. The minimum atomic E-state index is -4.79. The molecule has 5 rings (SSSR count). The number of carbonyl (C=O) groups is 4. The lowest BCUT2D eigenvalue weighted by atomic mass is 9.84.